The molecule has 3 N–H and O–H groups in total. The van der Waals surface area contributed by atoms with Gasteiger partial charge in [0, 0.05) is 17.6 Å². The van der Waals surface area contributed by atoms with Crippen LogP contribution in [-0.2, 0) is 4.74 Å². The van der Waals surface area contributed by atoms with E-state index in [0.29, 0.717) is 12.2 Å². The Labute approximate surface area is 82.9 Å². The van der Waals surface area contributed by atoms with Crippen LogP contribution in [-0.4, -0.2) is 18.8 Å². The van der Waals surface area contributed by atoms with Crippen LogP contribution in [0.25, 0.3) is 0 Å². The van der Waals surface area contributed by atoms with Gasteiger partial charge in [0.25, 0.3) is 0 Å². The molecule has 0 bridgehead atoms. The van der Waals surface area contributed by atoms with Crippen LogP contribution < -0.4 is 5.73 Å². The summed E-state index contributed by atoms with van der Waals surface area (Å²) in [5.41, 5.74) is 6.42. The molecule has 1 aromatic carbocycles. The summed E-state index contributed by atoms with van der Waals surface area (Å²) in [4.78, 5) is 0.777. The summed E-state index contributed by atoms with van der Waals surface area (Å²) in [6.45, 7) is 0.380. The van der Waals surface area contributed by atoms with Gasteiger partial charge in [0.1, 0.15) is 5.75 Å². The van der Waals surface area contributed by atoms with Crippen LogP contribution >= 0.6 is 12.6 Å². The molecule has 1 unspecified atom stereocenters. The number of rotatable bonds is 3. The minimum absolute atomic E-state index is 0.183. The van der Waals surface area contributed by atoms with Crippen molar-refractivity contribution < 1.29 is 9.84 Å². The summed E-state index contributed by atoms with van der Waals surface area (Å²) in [5, 5.41) is 9.46. The molecular weight excluding hydrogens is 186 g/mol. The third kappa shape index (κ3) is 2.62. The van der Waals surface area contributed by atoms with Gasteiger partial charge in [-0.1, -0.05) is 0 Å². The Morgan fingerprint density at radius 2 is 2.31 bits per heavy atom. The molecule has 1 rings (SSSR count). The molecule has 4 heteroatoms. The maximum Gasteiger partial charge on any atom is 0.120 e. The molecule has 0 spiro atoms. The van der Waals surface area contributed by atoms with Crippen LogP contribution in [0.15, 0.2) is 23.1 Å². The predicted molar refractivity (Wildman–Crippen MR) is 54.2 cm³/mol. The topological polar surface area (TPSA) is 55.5 Å². The van der Waals surface area contributed by atoms with Gasteiger partial charge in [0.05, 0.1) is 12.6 Å². The summed E-state index contributed by atoms with van der Waals surface area (Å²) in [6, 6.07) is 4.72. The van der Waals surface area contributed by atoms with Crippen molar-refractivity contribution in [3.8, 4) is 5.75 Å². The molecule has 0 amide bonds. The van der Waals surface area contributed by atoms with Crippen molar-refractivity contribution in [2.75, 3.05) is 13.7 Å². The summed E-state index contributed by atoms with van der Waals surface area (Å²) < 4.78 is 4.89. The van der Waals surface area contributed by atoms with E-state index < -0.39 is 0 Å². The van der Waals surface area contributed by atoms with E-state index in [1.165, 1.54) is 0 Å². The Hall–Kier alpha value is -0.710. The lowest BCUT2D eigenvalue weighted by Gasteiger charge is -2.12. The third-order valence-corrected chi connectivity index (χ3v) is 2.03. The number of phenols is 1. The summed E-state index contributed by atoms with van der Waals surface area (Å²) in [5.74, 6) is 0.183. The van der Waals surface area contributed by atoms with Crippen LogP contribution in [0.1, 0.15) is 11.6 Å². The maximum absolute atomic E-state index is 9.46. The van der Waals surface area contributed by atoms with Crippen LogP contribution in [0.5, 0.6) is 5.75 Å². The Bertz CT molecular complexity index is 291. The van der Waals surface area contributed by atoms with Crippen molar-refractivity contribution in [2.24, 2.45) is 5.73 Å². The minimum atomic E-state index is -0.308. The highest BCUT2D eigenvalue weighted by Crippen LogP contribution is 2.25. The highest BCUT2D eigenvalue weighted by atomic mass is 32.1. The standard InChI is InChI=1S/C9H13NO2S/c1-12-5-8(10)7-4-6(13)2-3-9(7)11/h2-4,8,11,13H,5,10H2,1H3. The van der Waals surface area contributed by atoms with E-state index in [0.717, 1.165) is 4.90 Å². The van der Waals surface area contributed by atoms with Crippen molar-refractivity contribution in [3.05, 3.63) is 23.8 Å². The summed E-state index contributed by atoms with van der Waals surface area (Å²) in [6.07, 6.45) is 0. The second-order valence-corrected chi connectivity index (χ2v) is 3.32. The minimum Gasteiger partial charge on any atom is -0.508 e. The van der Waals surface area contributed by atoms with Crippen LogP contribution in [0.3, 0.4) is 0 Å². The normalized spacial score (nSPS) is 12.8. The first-order valence-corrected chi connectivity index (χ1v) is 4.36. The lowest BCUT2D eigenvalue weighted by atomic mass is 10.1. The first-order chi connectivity index (χ1) is 6.15. The van der Waals surface area contributed by atoms with Gasteiger partial charge in [0.15, 0.2) is 0 Å². The lowest BCUT2D eigenvalue weighted by Crippen LogP contribution is -2.16. The molecule has 0 aromatic heterocycles. The number of phenolic OH excluding ortho intramolecular Hbond substituents is 1. The highest BCUT2D eigenvalue weighted by Gasteiger charge is 2.10. The number of ether oxygens (including phenoxy) is 1. The van der Waals surface area contributed by atoms with Crippen molar-refractivity contribution in [1.29, 1.82) is 0 Å². The predicted octanol–water partition coefficient (Wildman–Crippen LogP) is 1.33. The van der Waals surface area contributed by atoms with E-state index in [2.05, 4.69) is 12.6 Å². The molecule has 0 aliphatic heterocycles. The van der Waals surface area contributed by atoms with E-state index in [1.807, 2.05) is 0 Å². The number of aromatic hydroxyl groups is 1. The van der Waals surface area contributed by atoms with Crippen LogP contribution in [0, 0.1) is 0 Å². The molecule has 1 aromatic rings. The molecule has 0 saturated carbocycles. The Morgan fingerprint density at radius 1 is 1.62 bits per heavy atom. The van der Waals surface area contributed by atoms with Gasteiger partial charge in [0.2, 0.25) is 0 Å². The molecular formula is C9H13NO2S. The fraction of sp³-hybridized carbons (Fsp3) is 0.333. The zero-order valence-corrected chi connectivity index (χ0v) is 8.29. The maximum atomic E-state index is 9.46. The second-order valence-electron chi connectivity index (χ2n) is 2.80. The molecule has 72 valence electrons. The highest BCUT2D eigenvalue weighted by molar-refractivity contribution is 7.80. The van der Waals surface area contributed by atoms with Crippen LogP contribution in [0.2, 0.25) is 0 Å². The van der Waals surface area contributed by atoms with E-state index in [9.17, 15) is 5.11 Å². The smallest absolute Gasteiger partial charge is 0.120 e. The summed E-state index contributed by atoms with van der Waals surface area (Å²) in [7, 11) is 1.57. The number of hydrogen-bond acceptors (Lipinski definition) is 4. The van der Waals surface area contributed by atoms with Crippen molar-refractivity contribution >= 4 is 12.6 Å². The second kappa shape index (κ2) is 4.50. The van der Waals surface area contributed by atoms with Gasteiger partial charge in [-0.25, -0.2) is 0 Å². The lowest BCUT2D eigenvalue weighted by molar-refractivity contribution is 0.179. The number of nitrogens with two attached hydrogens (primary N) is 1. The molecule has 13 heavy (non-hydrogen) atoms. The van der Waals surface area contributed by atoms with Gasteiger partial charge >= 0.3 is 0 Å². The first kappa shape index (κ1) is 10.4. The quantitative estimate of drug-likeness (QED) is 0.644. The fourth-order valence-electron chi connectivity index (χ4n) is 1.11. The molecule has 3 nitrogen and oxygen atoms in total. The number of benzene rings is 1. The SMILES string of the molecule is COCC(N)c1cc(S)ccc1O. The fourth-order valence-corrected chi connectivity index (χ4v) is 1.32. The molecule has 1 atom stereocenters. The molecule has 0 heterocycles. The van der Waals surface area contributed by atoms with Crippen molar-refractivity contribution in [3.63, 3.8) is 0 Å². The van der Waals surface area contributed by atoms with E-state index in [4.69, 9.17) is 10.5 Å². The zero-order chi connectivity index (χ0) is 9.84. The summed E-state index contributed by atoms with van der Waals surface area (Å²) >= 11 is 4.16. The van der Waals surface area contributed by atoms with Crippen molar-refractivity contribution in [2.45, 2.75) is 10.9 Å². The number of hydrogen-bond donors (Lipinski definition) is 3. The zero-order valence-electron chi connectivity index (χ0n) is 7.40. The van der Waals surface area contributed by atoms with E-state index in [-0.39, 0.29) is 11.8 Å². The Balaban J connectivity index is 2.91. The van der Waals surface area contributed by atoms with E-state index >= 15 is 0 Å². The van der Waals surface area contributed by atoms with Gasteiger partial charge in [-0.15, -0.1) is 12.6 Å². The monoisotopic (exact) mass is 199 g/mol. The van der Waals surface area contributed by atoms with Crippen LogP contribution in [0.4, 0.5) is 0 Å². The average molecular weight is 199 g/mol. The third-order valence-electron chi connectivity index (χ3n) is 1.76. The van der Waals surface area contributed by atoms with Crippen molar-refractivity contribution in [1.82, 2.24) is 0 Å². The number of thiol groups is 1. The molecule has 0 aliphatic carbocycles. The Morgan fingerprint density at radius 3 is 2.92 bits per heavy atom. The average Bonchev–Trinajstić information content (AvgIpc) is 2.09. The first-order valence-electron chi connectivity index (χ1n) is 3.91. The molecule has 0 saturated heterocycles. The van der Waals surface area contributed by atoms with E-state index in [1.54, 1.807) is 25.3 Å². The van der Waals surface area contributed by atoms with Gasteiger partial charge in [-0.05, 0) is 18.2 Å². The van der Waals surface area contributed by atoms with Gasteiger partial charge in [-0.2, -0.15) is 0 Å². The largest absolute Gasteiger partial charge is 0.508 e. The number of methoxy groups -OCH3 is 1. The molecule has 0 radical (unpaired) electrons. The van der Waals surface area contributed by atoms with Gasteiger partial charge < -0.3 is 15.6 Å². The Kier molecular flexibility index (Phi) is 3.59. The molecule has 0 aliphatic rings. The molecule has 0 fully saturated rings. The van der Waals surface area contributed by atoms with Gasteiger partial charge in [-0.3, -0.25) is 0 Å².